The molecule has 1 amide bonds. The van der Waals surface area contributed by atoms with E-state index in [1.165, 1.54) is 0 Å². The highest BCUT2D eigenvalue weighted by atomic mass is 19.1. The van der Waals surface area contributed by atoms with Crippen LogP contribution in [0.15, 0.2) is 18.2 Å². The number of hydrogen-bond acceptors (Lipinski definition) is 2. The Morgan fingerprint density at radius 1 is 1.37 bits per heavy atom. The van der Waals surface area contributed by atoms with Crippen molar-refractivity contribution in [2.24, 2.45) is 0 Å². The van der Waals surface area contributed by atoms with Gasteiger partial charge in [0.1, 0.15) is 11.6 Å². The summed E-state index contributed by atoms with van der Waals surface area (Å²) in [4.78, 5) is 21.9. The molecule has 0 aliphatic carbocycles. The van der Waals surface area contributed by atoms with Crippen LogP contribution in [0, 0.1) is 11.6 Å². The van der Waals surface area contributed by atoms with E-state index in [-0.39, 0.29) is 30.9 Å². The number of nitrogens with one attached hydrogen (secondary N) is 1. The smallest absolute Gasteiger partial charge is 0.303 e. The van der Waals surface area contributed by atoms with Gasteiger partial charge in [0.15, 0.2) is 0 Å². The van der Waals surface area contributed by atoms with Gasteiger partial charge in [-0.2, -0.15) is 0 Å². The van der Waals surface area contributed by atoms with Crippen molar-refractivity contribution in [3.8, 4) is 0 Å². The van der Waals surface area contributed by atoms with Crippen molar-refractivity contribution in [2.75, 3.05) is 0 Å². The maximum Gasteiger partial charge on any atom is 0.303 e. The van der Waals surface area contributed by atoms with Gasteiger partial charge in [-0.25, -0.2) is 8.78 Å². The Bertz CT molecular complexity index is 477. The van der Waals surface area contributed by atoms with Crippen LogP contribution in [-0.4, -0.2) is 23.0 Å². The van der Waals surface area contributed by atoms with E-state index in [4.69, 9.17) is 5.11 Å². The fraction of sp³-hybridized carbons (Fsp3) is 0.385. The number of benzene rings is 1. The molecule has 0 aromatic heterocycles. The average Bonchev–Trinajstić information content (AvgIpc) is 2.31. The number of amides is 1. The maximum atomic E-state index is 13.3. The molecular weight excluding hydrogens is 256 g/mol. The first kappa shape index (κ1) is 15.1. The summed E-state index contributed by atoms with van der Waals surface area (Å²) in [6.45, 7) is 1.66. The van der Waals surface area contributed by atoms with Crippen molar-refractivity contribution in [1.82, 2.24) is 5.32 Å². The second-order valence-electron chi connectivity index (χ2n) is 4.31. The van der Waals surface area contributed by atoms with Gasteiger partial charge in [-0.1, -0.05) is 0 Å². The summed E-state index contributed by atoms with van der Waals surface area (Å²) in [5.74, 6) is -2.67. The zero-order valence-corrected chi connectivity index (χ0v) is 10.5. The summed E-state index contributed by atoms with van der Waals surface area (Å²) in [5.41, 5.74) is -0.0251. The second-order valence-corrected chi connectivity index (χ2v) is 4.31. The van der Waals surface area contributed by atoms with Crippen LogP contribution >= 0.6 is 0 Å². The van der Waals surface area contributed by atoms with E-state index in [0.29, 0.717) is 0 Å². The second kappa shape index (κ2) is 6.82. The summed E-state index contributed by atoms with van der Waals surface area (Å²) in [7, 11) is 0. The van der Waals surface area contributed by atoms with Gasteiger partial charge >= 0.3 is 5.97 Å². The van der Waals surface area contributed by atoms with Gasteiger partial charge in [-0.3, -0.25) is 9.59 Å². The van der Waals surface area contributed by atoms with Gasteiger partial charge in [0.05, 0.1) is 6.42 Å². The normalized spacial score (nSPS) is 11.9. The third-order valence-electron chi connectivity index (χ3n) is 2.56. The predicted molar refractivity (Wildman–Crippen MR) is 64.5 cm³/mol. The quantitative estimate of drug-likeness (QED) is 0.830. The van der Waals surface area contributed by atoms with Crippen molar-refractivity contribution in [3.05, 3.63) is 35.4 Å². The first-order chi connectivity index (χ1) is 8.88. The van der Waals surface area contributed by atoms with Crippen LogP contribution in [0.1, 0.15) is 25.3 Å². The van der Waals surface area contributed by atoms with E-state index in [0.717, 1.165) is 18.2 Å². The zero-order valence-electron chi connectivity index (χ0n) is 10.5. The van der Waals surface area contributed by atoms with Gasteiger partial charge < -0.3 is 10.4 Å². The van der Waals surface area contributed by atoms with Gasteiger partial charge in [-0.05, 0) is 31.5 Å². The molecule has 0 saturated carbocycles. The van der Waals surface area contributed by atoms with E-state index < -0.39 is 23.5 Å². The van der Waals surface area contributed by atoms with E-state index >= 15 is 0 Å². The number of rotatable bonds is 6. The molecule has 1 aromatic rings. The molecule has 0 aliphatic heterocycles. The summed E-state index contributed by atoms with van der Waals surface area (Å²) in [6.07, 6.45) is -0.0521. The molecular formula is C13H15F2NO3. The molecule has 4 nitrogen and oxygen atoms in total. The molecule has 6 heteroatoms. The first-order valence-electron chi connectivity index (χ1n) is 5.83. The van der Waals surface area contributed by atoms with E-state index in [9.17, 15) is 18.4 Å². The Labute approximate surface area is 109 Å². The molecule has 0 fully saturated rings. The molecule has 1 rings (SSSR count). The Kier molecular flexibility index (Phi) is 5.41. The monoisotopic (exact) mass is 271 g/mol. The van der Waals surface area contributed by atoms with Gasteiger partial charge in [-0.15, -0.1) is 0 Å². The van der Waals surface area contributed by atoms with Crippen molar-refractivity contribution < 1.29 is 23.5 Å². The maximum absolute atomic E-state index is 13.3. The number of hydrogen-bond donors (Lipinski definition) is 2. The fourth-order valence-electron chi connectivity index (χ4n) is 1.59. The van der Waals surface area contributed by atoms with Gasteiger partial charge in [0, 0.05) is 18.0 Å². The zero-order chi connectivity index (χ0) is 14.4. The molecule has 104 valence electrons. The highest BCUT2D eigenvalue weighted by Gasteiger charge is 2.12. The Morgan fingerprint density at radius 2 is 2.05 bits per heavy atom. The molecule has 0 radical (unpaired) electrons. The lowest BCUT2D eigenvalue weighted by Crippen LogP contribution is -2.34. The molecule has 0 heterocycles. The molecule has 19 heavy (non-hydrogen) atoms. The number of carbonyl (C=O) groups excluding carboxylic acids is 1. The lowest BCUT2D eigenvalue weighted by atomic mass is 10.1. The van der Waals surface area contributed by atoms with Crippen LogP contribution in [0.3, 0.4) is 0 Å². The van der Waals surface area contributed by atoms with Crippen molar-refractivity contribution in [1.29, 1.82) is 0 Å². The number of carbonyl (C=O) groups is 2. The molecule has 0 bridgehead atoms. The fourth-order valence-corrected chi connectivity index (χ4v) is 1.59. The van der Waals surface area contributed by atoms with Crippen LogP contribution in [-0.2, 0) is 16.0 Å². The highest BCUT2D eigenvalue weighted by molar-refractivity contribution is 5.79. The van der Waals surface area contributed by atoms with Crippen LogP contribution in [0.4, 0.5) is 8.78 Å². The lowest BCUT2D eigenvalue weighted by Gasteiger charge is -2.13. The Hall–Kier alpha value is -1.98. The minimum atomic E-state index is -0.947. The minimum Gasteiger partial charge on any atom is -0.481 e. The standard InChI is InChI=1S/C13H15F2NO3/c1-8(2-5-13(18)19)16-12(17)7-9-6-10(14)3-4-11(9)15/h3-4,6,8H,2,5,7H2,1H3,(H,16,17)(H,18,19). The van der Waals surface area contributed by atoms with Crippen molar-refractivity contribution in [3.63, 3.8) is 0 Å². The third kappa shape index (κ3) is 5.46. The van der Waals surface area contributed by atoms with Gasteiger partial charge in [0.25, 0.3) is 0 Å². The topological polar surface area (TPSA) is 66.4 Å². The Morgan fingerprint density at radius 3 is 2.68 bits per heavy atom. The lowest BCUT2D eigenvalue weighted by molar-refractivity contribution is -0.137. The van der Waals surface area contributed by atoms with Crippen molar-refractivity contribution in [2.45, 2.75) is 32.2 Å². The summed E-state index contributed by atoms with van der Waals surface area (Å²) < 4.78 is 26.2. The summed E-state index contributed by atoms with van der Waals surface area (Å²) in [5, 5.41) is 11.0. The largest absolute Gasteiger partial charge is 0.481 e. The number of carboxylic acid groups (broad SMARTS) is 1. The average molecular weight is 271 g/mol. The van der Waals surface area contributed by atoms with E-state index in [1.54, 1.807) is 6.92 Å². The highest BCUT2D eigenvalue weighted by Crippen LogP contribution is 2.10. The molecule has 0 aliphatic rings. The SMILES string of the molecule is CC(CCC(=O)O)NC(=O)Cc1cc(F)ccc1F. The van der Waals surface area contributed by atoms with Crippen LogP contribution in [0.25, 0.3) is 0 Å². The summed E-state index contributed by atoms with van der Waals surface area (Å²) >= 11 is 0. The van der Waals surface area contributed by atoms with Gasteiger partial charge in [0.2, 0.25) is 5.91 Å². The summed E-state index contributed by atoms with van der Waals surface area (Å²) in [6, 6.07) is 2.58. The third-order valence-corrected chi connectivity index (χ3v) is 2.56. The molecule has 1 atom stereocenters. The first-order valence-corrected chi connectivity index (χ1v) is 5.83. The van der Waals surface area contributed by atoms with E-state index in [1.807, 2.05) is 0 Å². The predicted octanol–water partition coefficient (Wildman–Crippen LogP) is 1.88. The minimum absolute atomic E-state index is 0.0251. The van der Waals surface area contributed by atoms with Crippen LogP contribution in [0.2, 0.25) is 0 Å². The molecule has 1 unspecified atom stereocenters. The number of halogens is 2. The van der Waals surface area contributed by atoms with E-state index in [2.05, 4.69) is 5.32 Å². The molecule has 0 spiro atoms. The van der Waals surface area contributed by atoms with Crippen LogP contribution in [0.5, 0.6) is 0 Å². The molecule has 1 aromatic carbocycles. The number of carboxylic acids is 1. The Balaban J connectivity index is 2.50. The van der Waals surface area contributed by atoms with Crippen molar-refractivity contribution >= 4 is 11.9 Å². The number of aliphatic carboxylic acids is 1. The molecule has 0 saturated heterocycles. The molecule has 2 N–H and O–H groups in total. The van der Waals surface area contributed by atoms with Crippen LogP contribution < -0.4 is 5.32 Å².